The average Bonchev–Trinajstić information content (AvgIpc) is 3.70. The number of nitrogens with one attached hydrogen (secondary N) is 2. The summed E-state index contributed by atoms with van der Waals surface area (Å²) in [5.41, 5.74) is 3.49. The van der Waals surface area contributed by atoms with Gasteiger partial charge in [0.1, 0.15) is 15.8 Å². The van der Waals surface area contributed by atoms with E-state index in [0.29, 0.717) is 38.6 Å². The first kappa shape index (κ1) is 26.7. The number of nitrogens with zero attached hydrogens (tertiary/aromatic N) is 6. The molecule has 3 N–H and O–H groups in total. The molecule has 0 fully saturated rings. The summed E-state index contributed by atoms with van der Waals surface area (Å²) in [4.78, 5) is 18.2. The third kappa shape index (κ3) is 5.30. The number of aromatic nitrogens is 4. The maximum Gasteiger partial charge on any atom is 0.229 e. The Morgan fingerprint density at radius 3 is 2.12 bits per heavy atom. The summed E-state index contributed by atoms with van der Waals surface area (Å²) in [7, 11) is 0. The highest BCUT2D eigenvalue weighted by atomic mass is 32.1. The summed E-state index contributed by atoms with van der Waals surface area (Å²) in [6, 6.07) is 15.0. The van der Waals surface area contributed by atoms with E-state index >= 15 is 0 Å². The van der Waals surface area contributed by atoms with Crippen LogP contribution < -0.4 is 10.6 Å². The number of hydrogen-bond acceptors (Lipinski definition) is 11. The van der Waals surface area contributed by atoms with Gasteiger partial charge < -0.3 is 15.7 Å². The molecule has 0 saturated carbocycles. The van der Waals surface area contributed by atoms with Gasteiger partial charge in [0, 0.05) is 46.8 Å². The first-order valence-corrected chi connectivity index (χ1v) is 13.8. The standard InChI is InChI=1S/C29H22N8OS2/c1-18-14-21(4-3-9-30)15-19(2)24(18)36-25-23(29(38,26-32-10-12-39-26)27-33-11-13-40-27)17-34-28(37-25)35-22-7-5-20(16-31)6-8-22/h3-8,10-15,17,38H,1-2H3,(H2,34,35,36,37). The van der Waals surface area contributed by atoms with Crippen molar-refractivity contribution in [1.29, 1.82) is 10.5 Å². The number of benzene rings is 2. The van der Waals surface area contributed by atoms with Crippen molar-refractivity contribution in [2.45, 2.75) is 19.4 Å². The summed E-state index contributed by atoms with van der Waals surface area (Å²) in [6.45, 7) is 3.92. The fourth-order valence-corrected chi connectivity index (χ4v) is 5.79. The van der Waals surface area contributed by atoms with Crippen LogP contribution in [0, 0.1) is 36.5 Å². The molecule has 3 heterocycles. The van der Waals surface area contributed by atoms with Gasteiger partial charge in [-0.2, -0.15) is 15.5 Å². The highest BCUT2D eigenvalue weighted by Crippen LogP contribution is 2.42. The molecule has 3 aromatic heterocycles. The topological polar surface area (TPSA) is 143 Å². The molecule has 0 bridgehead atoms. The molecule has 0 saturated heterocycles. The number of aryl methyl sites for hydroxylation is 2. The number of allylic oxidation sites excluding steroid dienone is 1. The number of nitriles is 2. The van der Waals surface area contributed by atoms with Crippen molar-refractivity contribution in [2.75, 3.05) is 10.6 Å². The Morgan fingerprint density at radius 2 is 1.57 bits per heavy atom. The van der Waals surface area contributed by atoms with E-state index in [-0.39, 0.29) is 0 Å². The smallest absolute Gasteiger partial charge is 0.229 e. The highest BCUT2D eigenvalue weighted by Gasteiger charge is 2.42. The number of hydrogen-bond donors (Lipinski definition) is 3. The molecule has 0 aliphatic carbocycles. The quantitative estimate of drug-likeness (QED) is 0.189. The molecule has 0 radical (unpaired) electrons. The molecule has 2 aromatic carbocycles. The third-order valence-corrected chi connectivity index (χ3v) is 7.84. The van der Waals surface area contributed by atoms with Gasteiger partial charge in [0.05, 0.1) is 23.3 Å². The normalized spacial score (nSPS) is 11.2. The molecule has 5 aromatic rings. The largest absolute Gasteiger partial charge is 0.372 e. The molecule has 196 valence electrons. The van der Waals surface area contributed by atoms with E-state index in [1.54, 1.807) is 59.7 Å². The molecule has 0 unspecified atom stereocenters. The molecule has 9 nitrogen and oxygen atoms in total. The van der Waals surface area contributed by atoms with E-state index in [1.807, 2.05) is 32.0 Å². The predicted octanol–water partition coefficient (Wildman–Crippen LogP) is 6.19. The van der Waals surface area contributed by atoms with E-state index in [9.17, 15) is 5.11 Å². The first-order chi connectivity index (χ1) is 19.4. The number of aliphatic hydroxyl groups is 1. The maximum absolute atomic E-state index is 12.3. The van der Waals surface area contributed by atoms with Gasteiger partial charge in [-0.1, -0.05) is 0 Å². The lowest BCUT2D eigenvalue weighted by Crippen LogP contribution is -2.30. The molecule has 40 heavy (non-hydrogen) atoms. The number of rotatable bonds is 8. The molecule has 0 amide bonds. The molecule has 0 aliphatic rings. The molecule has 5 rings (SSSR count). The van der Waals surface area contributed by atoms with Crippen LogP contribution in [0.25, 0.3) is 6.08 Å². The molecule has 0 atom stereocenters. The van der Waals surface area contributed by atoms with Crippen molar-refractivity contribution in [3.8, 4) is 12.1 Å². The summed E-state index contributed by atoms with van der Waals surface area (Å²) in [5.74, 6) is 0.658. The van der Waals surface area contributed by atoms with Crippen LogP contribution in [-0.4, -0.2) is 25.0 Å². The van der Waals surface area contributed by atoms with Gasteiger partial charge in [0.25, 0.3) is 0 Å². The Kier molecular flexibility index (Phi) is 7.62. The van der Waals surface area contributed by atoms with E-state index < -0.39 is 5.60 Å². The minimum Gasteiger partial charge on any atom is -0.372 e. The van der Waals surface area contributed by atoms with Crippen LogP contribution in [-0.2, 0) is 5.60 Å². The zero-order chi connectivity index (χ0) is 28.1. The number of thiazole rings is 2. The van der Waals surface area contributed by atoms with Gasteiger partial charge in [0.15, 0.2) is 5.60 Å². The Labute approximate surface area is 238 Å². The van der Waals surface area contributed by atoms with Crippen molar-refractivity contribution in [3.63, 3.8) is 0 Å². The van der Waals surface area contributed by atoms with E-state index in [1.165, 1.54) is 28.7 Å². The Morgan fingerprint density at radius 1 is 0.925 bits per heavy atom. The molecular weight excluding hydrogens is 541 g/mol. The van der Waals surface area contributed by atoms with Crippen molar-refractivity contribution in [1.82, 2.24) is 19.9 Å². The molecule has 0 aliphatic heterocycles. The second-order valence-corrected chi connectivity index (χ2v) is 10.6. The van der Waals surface area contributed by atoms with E-state index in [4.69, 9.17) is 15.5 Å². The van der Waals surface area contributed by atoms with Crippen molar-refractivity contribution < 1.29 is 5.11 Å². The lowest BCUT2D eigenvalue weighted by Gasteiger charge is -2.27. The fraction of sp³-hybridized carbons (Fsp3) is 0.103. The summed E-state index contributed by atoms with van der Waals surface area (Å²) < 4.78 is 0. The Bertz CT molecular complexity index is 1690. The SMILES string of the molecule is Cc1cc(C=CC#N)cc(C)c1Nc1nc(Nc2ccc(C#N)cc2)ncc1C(O)(c1nccs1)c1nccs1. The second-order valence-electron chi connectivity index (χ2n) is 8.77. The van der Waals surface area contributed by atoms with Gasteiger partial charge in [0.2, 0.25) is 5.95 Å². The minimum atomic E-state index is -1.70. The van der Waals surface area contributed by atoms with Gasteiger partial charge in [-0.25, -0.2) is 15.0 Å². The molecule has 11 heteroatoms. The lowest BCUT2D eigenvalue weighted by atomic mass is 9.96. The van der Waals surface area contributed by atoms with Gasteiger partial charge >= 0.3 is 0 Å². The molecular formula is C29H22N8OS2. The van der Waals surface area contributed by atoms with E-state index in [2.05, 4.69) is 31.7 Å². The van der Waals surface area contributed by atoms with Crippen molar-refractivity contribution >= 4 is 51.9 Å². The summed E-state index contributed by atoms with van der Waals surface area (Å²) >= 11 is 2.62. The van der Waals surface area contributed by atoms with Gasteiger partial charge in [-0.15, -0.1) is 22.7 Å². The van der Waals surface area contributed by atoms with Gasteiger partial charge in [-0.05, 0) is 73.0 Å². The van der Waals surface area contributed by atoms with Crippen molar-refractivity contribution in [2.24, 2.45) is 0 Å². The predicted molar refractivity (Wildman–Crippen MR) is 157 cm³/mol. The Balaban J connectivity index is 1.64. The number of anilines is 4. The fourth-order valence-electron chi connectivity index (χ4n) is 4.23. The van der Waals surface area contributed by atoms with Crippen LogP contribution in [0.5, 0.6) is 0 Å². The monoisotopic (exact) mass is 562 g/mol. The van der Waals surface area contributed by atoms with Gasteiger partial charge in [-0.3, -0.25) is 0 Å². The molecule has 0 spiro atoms. The zero-order valence-electron chi connectivity index (χ0n) is 21.5. The van der Waals surface area contributed by atoms with Crippen LogP contribution in [0.1, 0.15) is 37.8 Å². The third-order valence-electron chi connectivity index (χ3n) is 6.08. The average molecular weight is 563 g/mol. The summed E-state index contributed by atoms with van der Waals surface area (Å²) in [5, 5.41) is 41.4. The Hall–Kier alpha value is -4.94. The highest BCUT2D eigenvalue weighted by molar-refractivity contribution is 7.11. The van der Waals surface area contributed by atoms with Crippen LogP contribution in [0.15, 0.2) is 71.8 Å². The van der Waals surface area contributed by atoms with Crippen LogP contribution in [0.2, 0.25) is 0 Å². The zero-order valence-corrected chi connectivity index (χ0v) is 23.1. The first-order valence-electron chi connectivity index (χ1n) is 12.0. The minimum absolute atomic E-state index is 0.292. The lowest BCUT2D eigenvalue weighted by molar-refractivity contribution is 0.125. The van der Waals surface area contributed by atoms with Crippen LogP contribution >= 0.6 is 22.7 Å². The second kappa shape index (κ2) is 11.4. The van der Waals surface area contributed by atoms with Crippen LogP contribution in [0.3, 0.4) is 0 Å². The summed E-state index contributed by atoms with van der Waals surface area (Å²) in [6.07, 6.45) is 8.03. The maximum atomic E-state index is 12.3. The van der Waals surface area contributed by atoms with Crippen LogP contribution in [0.4, 0.5) is 23.1 Å². The van der Waals surface area contributed by atoms with Crippen molar-refractivity contribution in [3.05, 3.63) is 110 Å². The van der Waals surface area contributed by atoms with E-state index in [0.717, 1.165) is 22.4 Å².